The first kappa shape index (κ1) is 11.1. The maximum atomic E-state index is 5.69. The molecule has 0 aliphatic rings. The molecule has 2 N–H and O–H groups in total. The fraction of sp³-hybridized carbons (Fsp3) is 0.455. The average molecular weight is 236 g/mol. The molecule has 2 aromatic rings. The quantitative estimate of drug-likeness (QED) is 0.891. The van der Waals surface area contributed by atoms with Crippen LogP contribution >= 0.6 is 11.3 Å². The summed E-state index contributed by atoms with van der Waals surface area (Å²) in [6.07, 6.45) is 5.02. The smallest absolute Gasteiger partial charge is 0.180 e. The van der Waals surface area contributed by atoms with Crippen LogP contribution < -0.4 is 5.73 Å². The standard InChI is InChI=1S/C11H16N4S/c1-4-7(2)15-6-9(5-13-15)10-8(3)14-11(12)16-10/h5-7H,4H2,1-3H3,(H2,12,14). The highest BCUT2D eigenvalue weighted by Crippen LogP contribution is 2.31. The zero-order valence-corrected chi connectivity index (χ0v) is 10.6. The molecule has 0 aliphatic heterocycles. The van der Waals surface area contributed by atoms with Gasteiger partial charge in [-0.3, -0.25) is 4.68 Å². The van der Waals surface area contributed by atoms with Crippen LogP contribution in [0.3, 0.4) is 0 Å². The third-order valence-electron chi connectivity index (χ3n) is 2.72. The normalized spacial score (nSPS) is 12.9. The first-order chi connectivity index (χ1) is 7.61. The number of hydrogen-bond acceptors (Lipinski definition) is 4. The number of thiazole rings is 1. The van der Waals surface area contributed by atoms with E-state index >= 15 is 0 Å². The van der Waals surface area contributed by atoms with Crippen molar-refractivity contribution >= 4 is 16.5 Å². The molecule has 16 heavy (non-hydrogen) atoms. The van der Waals surface area contributed by atoms with Crippen molar-refractivity contribution in [2.45, 2.75) is 33.2 Å². The van der Waals surface area contributed by atoms with Crippen molar-refractivity contribution in [2.24, 2.45) is 0 Å². The Hall–Kier alpha value is -1.36. The van der Waals surface area contributed by atoms with Gasteiger partial charge in [0.1, 0.15) is 0 Å². The molecule has 4 nitrogen and oxygen atoms in total. The minimum atomic E-state index is 0.430. The number of anilines is 1. The lowest BCUT2D eigenvalue weighted by Crippen LogP contribution is -2.03. The molecule has 0 saturated heterocycles. The first-order valence-electron chi connectivity index (χ1n) is 5.39. The van der Waals surface area contributed by atoms with Gasteiger partial charge in [-0.1, -0.05) is 18.3 Å². The van der Waals surface area contributed by atoms with Gasteiger partial charge < -0.3 is 5.73 Å². The van der Waals surface area contributed by atoms with Crippen LogP contribution in [0.5, 0.6) is 0 Å². The number of aryl methyl sites for hydroxylation is 1. The summed E-state index contributed by atoms with van der Waals surface area (Å²) in [6.45, 7) is 6.29. The summed E-state index contributed by atoms with van der Waals surface area (Å²) in [5.41, 5.74) is 7.77. The van der Waals surface area contributed by atoms with E-state index < -0.39 is 0 Å². The lowest BCUT2D eigenvalue weighted by molar-refractivity contribution is 0.478. The Morgan fingerprint density at radius 3 is 2.88 bits per heavy atom. The van der Waals surface area contributed by atoms with Gasteiger partial charge in [-0.2, -0.15) is 5.10 Å². The van der Waals surface area contributed by atoms with Crippen LogP contribution in [0.4, 0.5) is 5.13 Å². The third kappa shape index (κ3) is 1.95. The average Bonchev–Trinajstić information content (AvgIpc) is 2.83. The van der Waals surface area contributed by atoms with Crippen molar-refractivity contribution in [2.75, 3.05) is 5.73 Å². The van der Waals surface area contributed by atoms with E-state index in [0.29, 0.717) is 11.2 Å². The molecule has 86 valence electrons. The molecular formula is C11H16N4S. The van der Waals surface area contributed by atoms with Crippen LogP contribution in [0, 0.1) is 6.92 Å². The van der Waals surface area contributed by atoms with Gasteiger partial charge in [0.2, 0.25) is 0 Å². The summed E-state index contributed by atoms with van der Waals surface area (Å²) >= 11 is 1.51. The van der Waals surface area contributed by atoms with E-state index in [1.807, 2.05) is 17.8 Å². The number of nitrogen functional groups attached to an aromatic ring is 1. The van der Waals surface area contributed by atoms with Gasteiger partial charge in [-0.05, 0) is 20.3 Å². The van der Waals surface area contributed by atoms with Crippen LogP contribution in [0.25, 0.3) is 10.4 Å². The van der Waals surface area contributed by atoms with Crippen LogP contribution in [0.2, 0.25) is 0 Å². The molecule has 0 aliphatic carbocycles. The highest BCUT2D eigenvalue weighted by Gasteiger charge is 2.11. The minimum absolute atomic E-state index is 0.430. The van der Waals surface area contributed by atoms with Crippen LogP contribution in [0.15, 0.2) is 12.4 Å². The van der Waals surface area contributed by atoms with E-state index in [1.165, 1.54) is 11.3 Å². The van der Waals surface area contributed by atoms with Crippen molar-refractivity contribution in [1.29, 1.82) is 0 Å². The highest BCUT2D eigenvalue weighted by atomic mass is 32.1. The third-order valence-corrected chi connectivity index (χ3v) is 3.75. The Morgan fingerprint density at radius 1 is 1.56 bits per heavy atom. The van der Waals surface area contributed by atoms with Gasteiger partial charge in [0.05, 0.1) is 16.8 Å². The zero-order chi connectivity index (χ0) is 11.7. The molecule has 0 aromatic carbocycles. The predicted octanol–water partition coefficient (Wildman–Crippen LogP) is 2.87. The Bertz CT molecular complexity index is 486. The van der Waals surface area contributed by atoms with Crippen molar-refractivity contribution in [3.05, 3.63) is 18.1 Å². The van der Waals surface area contributed by atoms with E-state index in [-0.39, 0.29) is 0 Å². The molecule has 0 fully saturated rings. The maximum Gasteiger partial charge on any atom is 0.180 e. The molecule has 0 bridgehead atoms. The monoisotopic (exact) mass is 236 g/mol. The molecule has 1 unspecified atom stereocenters. The van der Waals surface area contributed by atoms with E-state index in [4.69, 9.17) is 5.73 Å². The Balaban J connectivity index is 2.35. The molecule has 0 spiro atoms. The molecular weight excluding hydrogens is 220 g/mol. The van der Waals surface area contributed by atoms with Gasteiger partial charge in [0, 0.05) is 17.8 Å². The number of rotatable bonds is 3. The molecule has 2 aromatic heterocycles. The second-order valence-corrected chi connectivity index (χ2v) is 4.96. The van der Waals surface area contributed by atoms with E-state index in [0.717, 1.165) is 22.6 Å². The molecule has 0 radical (unpaired) electrons. The number of hydrogen-bond donors (Lipinski definition) is 1. The number of nitrogens with two attached hydrogens (primary N) is 1. The number of aromatic nitrogens is 3. The zero-order valence-electron chi connectivity index (χ0n) is 9.77. The van der Waals surface area contributed by atoms with E-state index in [9.17, 15) is 0 Å². The second kappa shape index (κ2) is 4.25. The molecule has 5 heteroatoms. The molecule has 1 atom stereocenters. The van der Waals surface area contributed by atoms with Crippen molar-refractivity contribution < 1.29 is 0 Å². The second-order valence-electron chi connectivity index (χ2n) is 3.93. The highest BCUT2D eigenvalue weighted by molar-refractivity contribution is 7.18. The lowest BCUT2D eigenvalue weighted by atomic mass is 10.2. The Kier molecular flexibility index (Phi) is 2.96. The SMILES string of the molecule is CCC(C)n1cc(-c2sc(N)nc2C)cn1. The molecule has 0 saturated carbocycles. The van der Waals surface area contributed by atoms with Crippen LogP contribution in [-0.4, -0.2) is 14.8 Å². The molecule has 2 heterocycles. The molecule has 2 rings (SSSR count). The van der Waals surface area contributed by atoms with Gasteiger partial charge in [0.15, 0.2) is 5.13 Å². The fourth-order valence-corrected chi connectivity index (χ4v) is 2.38. The summed E-state index contributed by atoms with van der Waals surface area (Å²) in [5, 5.41) is 4.98. The summed E-state index contributed by atoms with van der Waals surface area (Å²) in [6, 6.07) is 0.430. The van der Waals surface area contributed by atoms with Crippen molar-refractivity contribution in [3.8, 4) is 10.4 Å². The van der Waals surface area contributed by atoms with E-state index in [2.05, 4.69) is 30.1 Å². The predicted molar refractivity (Wildman–Crippen MR) is 67.5 cm³/mol. The van der Waals surface area contributed by atoms with E-state index in [1.54, 1.807) is 0 Å². The lowest BCUT2D eigenvalue weighted by Gasteiger charge is -2.07. The first-order valence-corrected chi connectivity index (χ1v) is 6.21. The van der Waals surface area contributed by atoms with Crippen LogP contribution in [0.1, 0.15) is 32.0 Å². The summed E-state index contributed by atoms with van der Waals surface area (Å²) in [5.74, 6) is 0. The van der Waals surface area contributed by atoms with Gasteiger partial charge >= 0.3 is 0 Å². The number of nitrogens with zero attached hydrogens (tertiary/aromatic N) is 3. The van der Waals surface area contributed by atoms with Crippen molar-refractivity contribution in [3.63, 3.8) is 0 Å². The maximum absolute atomic E-state index is 5.69. The van der Waals surface area contributed by atoms with Gasteiger partial charge in [-0.15, -0.1) is 0 Å². The summed E-state index contributed by atoms with van der Waals surface area (Å²) < 4.78 is 1.99. The minimum Gasteiger partial charge on any atom is -0.375 e. The van der Waals surface area contributed by atoms with Gasteiger partial charge in [-0.25, -0.2) is 4.98 Å². The largest absolute Gasteiger partial charge is 0.375 e. The summed E-state index contributed by atoms with van der Waals surface area (Å²) in [4.78, 5) is 5.34. The topological polar surface area (TPSA) is 56.7 Å². The van der Waals surface area contributed by atoms with Crippen LogP contribution in [-0.2, 0) is 0 Å². The van der Waals surface area contributed by atoms with Gasteiger partial charge in [0.25, 0.3) is 0 Å². The summed E-state index contributed by atoms with van der Waals surface area (Å²) in [7, 11) is 0. The Morgan fingerprint density at radius 2 is 2.31 bits per heavy atom. The van der Waals surface area contributed by atoms with Crippen molar-refractivity contribution in [1.82, 2.24) is 14.8 Å². The Labute approximate surface area is 99.1 Å². The fourth-order valence-electron chi connectivity index (χ4n) is 1.57. The molecule has 0 amide bonds.